The molecule has 0 radical (unpaired) electrons. The maximum atomic E-state index is 6.80. The van der Waals surface area contributed by atoms with Crippen LogP contribution in [0.25, 0.3) is 55.0 Å². The van der Waals surface area contributed by atoms with Gasteiger partial charge in [-0.2, -0.15) is 0 Å². The standard InChI is InChI=1S/C39H26ClN3S.C4H6/c1-2-41-37(35-32-21-9-10-22-34(32)44-38(35)40)31-20-12-18-29(24-31)28-17-11-19-30(23-28)33-25-42-39(27-15-7-4-8-16-27)43-36(33)26-13-5-3-6-14-26;1-3-4-2/h2-25H,1H2;3-4H,1-2H2. The lowest BCUT2D eigenvalue weighted by Gasteiger charge is -2.13. The maximum Gasteiger partial charge on any atom is 0.159 e. The Labute approximate surface area is 290 Å². The summed E-state index contributed by atoms with van der Waals surface area (Å²) in [5.74, 6) is 0.700. The summed E-state index contributed by atoms with van der Waals surface area (Å²) in [5, 5.41) is 1.09. The Morgan fingerprint density at radius 2 is 1.25 bits per heavy atom. The molecule has 0 atom stereocenters. The third-order valence-electron chi connectivity index (χ3n) is 7.69. The second kappa shape index (κ2) is 15.3. The number of hydrogen-bond acceptors (Lipinski definition) is 4. The predicted molar refractivity (Wildman–Crippen MR) is 207 cm³/mol. The topological polar surface area (TPSA) is 38.1 Å². The Morgan fingerprint density at radius 3 is 1.96 bits per heavy atom. The van der Waals surface area contributed by atoms with E-state index in [2.05, 4.69) is 92.5 Å². The molecule has 0 fully saturated rings. The van der Waals surface area contributed by atoms with Crippen molar-refractivity contribution in [2.45, 2.75) is 0 Å². The van der Waals surface area contributed by atoms with Gasteiger partial charge in [0, 0.05) is 50.3 Å². The fraction of sp³-hybridized carbons (Fsp3) is 0. The third-order valence-corrected chi connectivity index (χ3v) is 9.07. The molecule has 0 unspecified atom stereocenters. The van der Waals surface area contributed by atoms with Crippen molar-refractivity contribution < 1.29 is 0 Å². The Morgan fingerprint density at radius 1 is 0.646 bits per heavy atom. The number of halogens is 1. The van der Waals surface area contributed by atoms with Crippen LogP contribution in [0.2, 0.25) is 4.34 Å². The van der Waals surface area contributed by atoms with E-state index in [-0.39, 0.29) is 0 Å². The lowest BCUT2D eigenvalue weighted by Crippen LogP contribution is -2.03. The first-order chi connectivity index (χ1) is 23.6. The van der Waals surface area contributed by atoms with E-state index in [1.165, 1.54) is 0 Å². The second-order valence-corrected chi connectivity index (χ2v) is 12.4. The number of thiophene rings is 1. The molecule has 2 heterocycles. The van der Waals surface area contributed by atoms with E-state index in [4.69, 9.17) is 26.6 Å². The van der Waals surface area contributed by atoms with Crippen LogP contribution in [0.1, 0.15) is 11.1 Å². The van der Waals surface area contributed by atoms with Gasteiger partial charge in [-0.1, -0.05) is 159 Å². The first kappa shape index (κ1) is 32.3. The number of aliphatic imine (C=N–C) groups is 1. The molecule has 2 aromatic heterocycles. The number of rotatable bonds is 8. The first-order valence-electron chi connectivity index (χ1n) is 15.4. The van der Waals surface area contributed by atoms with Gasteiger partial charge in [-0.3, -0.25) is 4.99 Å². The zero-order chi connectivity index (χ0) is 33.3. The van der Waals surface area contributed by atoms with Crippen LogP contribution in [-0.4, -0.2) is 15.7 Å². The van der Waals surface area contributed by atoms with Crippen molar-refractivity contribution in [3.05, 3.63) is 193 Å². The monoisotopic (exact) mass is 657 g/mol. The van der Waals surface area contributed by atoms with E-state index in [1.54, 1.807) is 29.7 Å². The van der Waals surface area contributed by atoms with E-state index in [0.717, 1.165) is 66.0 Å². The molecule has 7 rings (SSSR count). The minimum Gasteiger partial charge on any atom is -0.256 e. The summed E-state index contributed by atoms with van der Waals surface area (Å²) in [6, 6.07) is 45.5. The normalized spacial score (nSPS) is 11.0. The SMILES string of the molecule is C=CC=C.C=CN=C(c1cccc(-c2cccc(-c3cnc(-c4ccccc4)nc3-c3ccccc3)c2)c1)c1c(Cl)sc2ccccc12. The molecule has 0 amide bonds. The molecule has 0 aliphatic rings. The first-order valence-corrected chi connectivity index (χ1v) is 16.6. The molecule has 48 heavy (non-hydrogen) atoms. The number of hydrogen-bond donors (Lipinski definition) is 0. The lowest BCUT2D eigenvalue weighted by atomic mass is 9.94. The van der Waals surface area contributed by atoms with E-state index in [0.29, 0.717) is 10.2 Å². The summed E-state index contributed by atoms with van der Waals surface area (Å²) >= 11 is 8.37. The highest BCUT2D eigenvalue weighted by molar-refractivity contribution is 7.23. The Kier molecular flexibility index (Phi) is 10.3. The molecule has 0 spiro atoms. The van der Waals surface area contributed by atoms with Gasteiger partial charge in [-0.05, 0) is 34.9 Å². The minimum absolute atomic E-state index is 0.700. The van der Waals surface area contributed by atoms with Gasteiger partial charge >= 0.3 is 0 Å². The number of nitrogens with zero attached hydrogens (tertiary/aromatic N) is 3. The van der Waals surface area contributed by atoms with Crippen molar-refractivity contribution in [3.8, 4) is 44.9 Å². The molecule has 0 aliphatic heterocycles. The van der Waals surface area contributed by atoms with E-state index in [1.807, 2.05) is 66.9 Å². The van der Waals surface area contributed by atoms with E-state index in [9.17, 15) is 0 Å². The number of fused-ring (bicyclic) bond motifs is 1. The summed E-state index contributed by atoms with van der Waals surface area (Å²) in [5.41, 5.74) is 9.78. The fourth-order valence-corrected chi connectivity index (χ4v) is 6.83. The van der Waals surface area contributed by atoms with Crippen LogP contribution in [0.5, 0.6) is 0 Å². The smallest absolute Gasteiger partial charge is 0.159 e. The van der Waals surface area contributed by atoms with Gasteiger partial charge in [0.15, 0.2) is 5.82 Å². The van der Waals surface area contributed by atoms with Crippen LogP contribution in [0, 0.1) is 0 Å². The van der Waals surface area contributed by atoms with Crippen molar-refractivity contribution in [1.82, 2.24) is 9.97 Å². The van der Waals surface area contributed by atoms with Crippen LogP contribution in [-0.2, 0) is 0 Å². The molecule has 5 aromatic carbocycles. The van der Waals surface area contributed by atoms with Crippen molar-refractivity contribution in [3.63, 3.8) is 0 Å². The largest absolute Gasteiger partial charge is 0.256 e. The molecule has 0 bridgehead atoms. The molecule has 0 saturated heterocycles. The number of aromatic nitrogens is 2. The van der Waals surface area contributed by atoms with Gasteiger partial charge in [0.25, 0.3) is 0 Å². The molecule has 0 aliphatic carbocycles. The molecule has 232 valence electrons. The zero-order valence-electron chi connectivity index (χ0n) is 26.3. The highest BCUT2D eigenvalue weighted by Crippen LogP contribution is 2.38. The van der Waals surface area contributed by atoms with Crippen LogP contribution >= 0.6 is 22.9 Å². The highest BCUT2D eigenvalue weighted by Gasteiger charge is 2.18. The van der Waals surface area contributed by atoms with Crippen molar-refractivity contribution in [2.24, 2.45) is 4.99 Å². The van der Waals surface area contributed by atoms with Crippen molar-refractivity contribution in [2.75, 3.05) is 0 Å². The molecule has 7 aromatic rings. The van der Waals surface area contributed by atoms with Gasteiger partial charge in [-0.15, -0.1) is 11.3 Å². The Balaban J connectivity index is 0.000000952. The predicted octanol–water partition coefficient (Wildman–Crippen LogP) is 12.4. The quantitative estimate of drug-likeness (QED) is 0.120. The number of allylic oxidation sites excluding steroid dienone is 2. The average Bonchev–Trinajstić information content (AvgIpc) is 3.49. The number of benzene rings is 5. The maximum absolute atomic E-state index is 6.80. The summed E-state index contributed by atoms with van der Waals surface area (Å²) < 4.78 is 1.84. The molecular formula is C43H32ClN3S. The molecule has 5 heteroatoms. The average molecular weight is 658 g/mol. The van der Waals surface area contributed by atoms with E-state index >= 15 is 0 Å². The summed E-state index contributed by atoms with van der Waals surface area (Å²) in [7, 11) is 0. The van der Waals surface area contributed by atoms with Gasteiger partial charge < -0.3 is 0 Å². The molecule has 3 nitrogen and oxygen atoms in total. The van der Waals surface area contributed by atoms with Gasteiger partial charge in [0.2, 0.25) is 0 Å². The summed E-state index contributed by atoms with van der Waals surface area (Å²) in [6.07, 6.45) is 6.79. The second-order valence-electron chi connectivity index (χ2n) is 10.7. The van der Waals surface area contributed by atoms with Crippen LogP contribution in [0.4, 0.5) is 0 Å². The highest BCUT2D eigenvalue weighted by atomic mass is 35.5. The van der Waals surface area contributed by atoms with Gasteiger partial charge in [-0.25, -0.2) is 9.97 Å². The van der Waals surface area contributed by atoms with Crippen LogP contribution in [0.3, 0.4) is 0 Å². The van der Waals surface area contributed by atoms with E-state index < -0.39 is 0 Å². The summed E-state index contributed by atoms with van der Waals surface area (Å²) in [4.78, 5) is 14.6. The van der Waals surface area contributed by atoms with Crippen LogP contribution < -0.4 is 0 Å². The fourth-order valence-electron chi connectivity index (χ4n) is 5.46. The van der Waals surface area contributed by atoms with Crippen molar-refractivity contribution in [1.29, 1.82) is 0 Å². The van der Waals surface area contributed by atoms with Gasteiger partial charge in [0.1, 0.15) is 4.34 Å². The minimum atomic E-state index is 0.700. The van der Waals surface area contributed by atoms with Crippen LogP contribution in [0.15, 0.2) is 183 Å². The third kappa shape index (κ3) is 7.01. The van der Waals surface area contributed by atoms with Gasteiger partial charge in [0.05, 0.1) is 11.4 Å². The Hall–Kier alpha value is -5.68. The zero-order valence-corrected chi connectivity index (χ0v) is 27.8. The molecule has 0 N–H and O–H groups in total. The molecular weight excluding hydrogens is 626 g/mol. The summed E-state index contributed by atoms with van der Waals surface area (Å²) in [6.45, 7) is 10.6. The van der Waals surface area contributed by atoms with Crippen molar-refractivity contribution >= 4 is 38.7 Å². The Bertz CT molecular complexity index is 2250. The molecule has 0 saturated carbocycles. The lowest BCUT2D eigenvalue weighted by molar-refractivity contribution is 1.18.